The second-order valence-electron chi connectivity index (χ2n) is 4.89. The van der Waals surface area contributed by atoms with E-state index in [9.17, 15) is 0 Å². The maximum atomic E-state index is 4.47. The van der Waals surface area contributed by atoms with Crippen molar-refractivity contribution in [2.45, 2.75) is 38.8 Å². The minimum atomic E-state index is 0.379. The van der Waals surface area contributed by atoms with Crippen molar-refractivity contribution < 1.29 is 0 Å². The number of unbranched alkanes of at least 4 members (excludes halogenated alkanes) is 1. The van der Waals surface area contributed by atoms with Crippen LogP contribution in [0.25, 0.3) is 0 Å². The van der Waals surface area contributed by atoms with Crippen molar-refractivity contribution in [1.29, 1.82) is 0 Å². The third-order valence-electron chi connectivity index (χ3n) is 3.12. The molecule has 0 bridgehead atoms. The summed E-state index contributed by atoms with van der Waals surface area (Å²) in [5, 5.41) is 7.87. The summed E-state index contributed by atoms with van der Waals surface area (Å²) in [7, 11) is 6.20. The fourth-order valence-corrected chi connectivity index (χ4v) is 2.59. The van der Waals surface area contributed by atoms with Crippen LogP contribution in [0.15, 0.2) is 10.7 Å². The summed E-state index contributed by atoms with van der Waals surface area (Å²) in [6, 6.07) is 0.379. The molecule has 0 aliphatic carbocycles. The number of nitrogens with one attached hydrogen (secondary N) is 1. The molecule has 0 aromatic carbocycles. The Hall–Kier alpha value is -0.390. The Morgan fingerprint density at radius 2 is 2.22 bits per heavy atom. The fourth-order valence-electron chi connectivity index (χ4n) is 2.02. The molecule has 1 atom stereocenters. The first-order valence-electron chi connectivity index (χ1n) is 6.63. The van der Waals surface area contributed by atoms with E-state index < -0.39 is 0 Å². The van der Waals surface area contributed by atoms with Crippen molar-refractivity contribution >= 4 is 15.9 Å². The molecule has 0 radical (unpaired) electrons. The van der Waals surface area contributed by atoms with Gasteiger partial charge in [0.15, 0.2) is 0 Å². The SMILES string of the molecule is CCCCC(NC)c1c(Br)cnn1CCN(C)C. The molecule has 4 nitrogen and oxygen atoms in total. The van der Waals surface area contributed by atoms with Gasteiger partial charge in [-0.15, -0.1) is 0 Å². The molecule has 0 spiro atoms. The molecule has 1 aromatic heterocycles. The quantitative estimate of drug-likeness (QED) is 0.800. The first-order chi connectivity index (χ1) is 8.60. The number of halogens is 1. The lowest BCUT2D eigenvalue weighted by atomic mass is 10.1. The summed E-state index contributed by atoms with van der Waals surface area (Å²) in [6.45, 7) is 4.16. The lowest BCUT2D eigenvalue weighted by Gasteiger charge is -2.19. The van der Waals surface area contributed by atoms with Gasteiger partial charge in [-0.1, -0.05) is 19.8 Å². The second-order valence-corrected chi connectivity index (χ2v) is 5.74. The fraction of sp³-hybridized carbons (Fsp3) is 0.769. The van der Waals surface area contributed by atoms with Crippen molar-refractivity contribution in [2.75, 3.05) is 27.7 Å². The predicted molar refractivity (Wildman–Crippen MR) is 79.8 cm³/mol. The molecule has 1 N–H and O–H groups in total. The lowest BCUT2D eigenvalue weighted by Crippen LogP contribution is -2.24. The van der Waals surface area contributed by atoms with Crippen molar-refractivity contribution in [3.63, 3.8) is 0 Å². The lowest BCUT2D eigenvalue weighted by molar-refractivity contribution is 0.360. The topological polar surface area (TPSA) is 33.1 Å². The Bertz CT molecular complexity index is 349. The van der Waals surface area contributed by atoms with Gasteiger partial charge < -0.3 is 10.2 Å². The van der Waals surface area contributed by atoms with E-state index in [1.54, 1.807) is 0 Å². The van der Waals surface area contributed by atoms with E-state index in [4.69, 9.17) is 0 Å². The van der Waals surface area contributed by atoms with Crippen LogP contribution in [0.1, 0.15) is 37.9 Å². The number of rotatable bonds is 8. The molecule has 1 aromatic rings. The first-order valence-corrected chi connectivity index (χ1v) is 7.42. The van der Waals surface area contributed by atoms with Crippen LogP contribution in [0.4, 0.5) is 0 Å². The van der Waals surface area contributed by atoms with Gasteiger partial charge in [0.25, 0.3) is 0 Å². The average Bonchev–Trinajstić information content (AvgIpc) is 2.70. The van der Waals surface area contributed by atoms with Crippen molar-refractivity contribution in [3.05, 3.63) is 16.4 Å². The van der Waals surface area contributed by atoms with E-state index in [0.29, 0.717) is 6.04 Å². The Labute approximate surface area is 119 Å². The molecule has 18 heavy (non-hydrogen) atoms. The van der Waals surface area contributed by atoms with Gasteiger partial charge in [0.2, 0.25) is 0 Å². The molecular weight excluding hydrogens is 292 g/mol. The largest absolute Gasteiger partial charge is 0.312 e. The van der Waals surface area contributed by atoms with Crippen molar-refractivity contribution in [1.82, 2.24) is 20.0 Å². The third-order valence-corrected chi connectivity index (χ3v) is 3.73. The van der Waals surface area contributed by atoms with E-state index in [0.717, 1.165) is 24.0 Å². The van der Waals surface area contributed by atoms with Gasteiger partial charge in [-0.05, 0) is 43.5 Å². The smallest absolute Gasteiger partial charge is 0.0696 e. The van der Waals surface area contributed by atoms with Gasteiger partial charge in [-0.2, -0.15) is 5.10 Å². The molecule has 1 heterocycles. The van der Waals surface area contributed by atoms with Gasteiger partial charge in [-0.3, -0.25) is 4.68 Å². The van der Waals surface area contributed by atoms with Crippen LogP contribution in [0, 0.1) is 0 Å². The number of nitrogens with zero attached hydrogens (tertiary/aromatic N) is 3. The number of hydrogen-bond donors (Lipinski definition) is 1. The predicted octanol–water partition coefficient (Wildman–Crippen LogP) is 2.66. The molecule has 0 fully saturated rings. The molecule has 0 saturated carbocycles. The van der Waals surface area contributed by atoms with E-state index in [2.05, 4.69) is 56.9 Å². The summed E-state index contributed by atoms with van der Waals surface area (Å²) < 4.78 is 3.22. The Morgan fingerprint density at radius 3 is 2.78 bits per heavy atom. The standard InChI is InChI=1S/C13H25BrN4/c1-5-6-7-12(15-2)13-11(14)10-16-18(13)9-8-17(3)4/h10,12,15H,5-9H2,1-4H3. The van der Waals surface area contributed by atoms with Gasteiger partial charge in [0.1, 0.15) is 0 Å². The minimum Gasteiger partial charge on any atom is -0.312 e. The summed E-state index contributed by atoms with van der Waals surface area (Å²) >= 11 is 3.62. The summed E-state index contributed by atoms with van der Waals surface area (Å²) in [5.74, 6) is 0. The summed E-state index contributed by atoms with van der Waals surface area (Å²) in [5.41, 5.74) is 1.27. The first kappa shape index (κ1) is 15.7. The highest BCUT2D eigenvalue weighted by Gasteiger charge is 2.18. The normalized spacial score (nSPS) is 13.2. The second kappa shape index (κ2) is 7.92. The Balaban J connectivity index is 2.80. The highest BCUT2D eigenvalue weighted by molar-refractivity contribution is 9.10. The summed E-state index contributed by atoms with van der Waals surface area (Å²) in [4.78, 5) is 2.18. The number of likely N-dealkylation sites (N-methyl/N-ethyl adjacent to an activating group) is 1. The zero-order chi connectivity index (χ0) is 13.5. The Kier molecular flexibility index (Phi) is 6.89. The molecule has 1 rings (SSSR count). The van der Waals surface area contributed by atoms with E-state index in [1.807, 2.05) is 13.2 Å². The highest BCUT2D eigenvalue weighted by atomic mass is 79.9. The monoisotopic (exact) mass is 316 g/mol. The van der Waals surface area contributed by atoms with Crippen LogP contribution in [0.5, 0.6) is 0 Å². The van der Waals surface area contributed by atoms with Gasteiger partial charge in [0.05, 0.1) is 29.0 Å². The summed E-state index contributed by atoms with van der Waals surface area (Å²) in [6.07, 6.45) is 5.51. The van der Waals surface area contributed by atoms with Crippen LogP contribution in [-0.4, -0.2) is 42.4 Å². The van der Waals surface area contributed by atoms with Gasteiger partial charge in [0, 0.05) is 6.54 Å². The molecule has 0 amide bonds. The molecule has 0 aliphatic heterocycles. The number of aromatic nitrogens is 2. The molecule has 0 aliphatic rings. The zero-order valence-corrected chi connectivity index (χ0v) is 13.5. The van der Waals surface area contributed by atoms with Crippen LogP contribution >= 0.6 is 15.9 Å². The Morgan fingerprint density at radius 1 is 1.50 bits per heavy atom. The van der Waals surface area contributed by atoms with Crippen molar-refractivity contribution in [3.8, 4) is 0 Å². The van der Waals surface area contributed by atoms with E-state index in [1.165, 1.54) is 18.5 Å². The van der Waals surface area contributed by atoms with E-state index in [-0.39, 0.29) is 0 Å². The number of hydrogen-bond acceptors (Lipinski definition) is 3. The minimum absolute atomic E-state index is 0.379. The molecule has 104 valence electrons. The maximum Gasteiger partial charge on any atom is 0.0696 e. The average molecular weight is 317 g/mol. The highest BCUT2D eigenvalue weighted by Crippen LogP contribution is 2.26. The zero-order valence-electron chi connectivity index (χ0n) is 11.9. The van der Waals surface area contributed by atoms with Crippen LogP contribution in [0.3, 0.4) is 0 Å². The van der Waals surface area contributed by atoms with Crippen LogP contribution in [0.2, 0.25) is 0 Å². The maximum absolute atomic E-state index is 4.47. The van der Waals surface area contributed by atoms with Crippen LogP contribution in [-0.2, 0) is 6.54 Å². The third kappa shape index (κ3) is 4.37. The molecule has 5 heteroatoms. The van der Waals surface area contributed by atoms with Crippen LogP contribution < -0.4 is 5.32 Å². The van der Waals surface area contributed by atoms with E-state index >= 15 is 0 Å². The molecular formula is C13H25BrN4. The van der Waals surface area contributed by atoms with Crippen molar-refractivity contribution in [2.24, 2.45) is 0 Å². The molecule has 1 unspecified atom stereocenters. The molecule has 0 saturated heterocycles. The van der Waals surface area contributed by atoms with Gasteiger partial charge >= 0.3 is 0 Å². The van der Waals surface area contributed by atoms with Gasteiger partial charge in [-0.25, -0.2) is 0 Å².